The largest absolute Gasteiger partial charge is 0.477 e. The molecule has 38 heavy (non-hydrogen) atoms. The van der Waals surface area contributed by atoms with Gasteiger partial charge in [0.25, 0.3) is 0 Å². The third-order valence-electron chi connectivity index (χ3n) is 6.42. The summed E-state index contributed by atoms with van der Waals surface area (Å²) in [7, 11) is 0. The number of carboxylic acid groups (broad SMARTS) is 1. The van der Waals surface area contributed by atoms with E-state index in [9.17, 15) is 4.79 Å². The minimum atomic E-state index is -0.990. The Bertz CT molecular complexity index is 1750. The molecule has 2 aromatic heterocycles. The number of carboxylic acids is 1. The first-order valence-electron chi connectivity index (χ1n) is 11.9. The van der Waals surface area contributed by atoms with Gasteiger partial charge in [-0.1, -0.05) is 90.0 Å². The predicted octanol–water partition coefficient (Wildman–Crippen LogP) is 7.79. The maximum Gasteiger partial charge on any atom is 0.354 e. The number of aromatic nitrogens is 2. The van der Waals surface area contributed by atoms with Crippen LogP contribution in [0.2, 0.25) is 0 Å². The Hall–Kier alpha value is -4.44. The van der Waals surface area contributed by atoms with Gasteiger partial charge in [0.2, 0.25) is 0 Å². The van der Waals surface area contributed by atoms with Gasteiger partial charge in [0.15, 0.2) is 0 Å². The Morgan fingerprint density at radius 3 is 2.08 bits per heavy atom. The number of fused-ring (bicyclic) bond motifs is 3. The first-order chi connectivity index (χ1) is 18.2. The zero-order chi connectivity index (χ0) is 25.2. The molecular weight excluding hydrogens is 649 g/mol. The summed E-state index contributed by atoms with van der Waals surface area (Å²) in [5.41, 5.74) is 10.6. The molecule has 6 aromatic rings. The van der Waals surface area contributed by atoms with E-state index in [0.29, 0.717) is 0 Å². The minimum absolute atomic E-state index is 0. The predicted molar refractivity (Wildman–Crippen MR) is 147 cm³/mol. The normalized spacial score (nSPS) is 10.6. The second-order valence-corrected chi connectivity index (χ2v) is 8.65. The van der Waals surface area contributed by atoms with Crippen molar-refractivity contribution in [3.63, 3.8) is 0 Å². The van der Waals surface area contributed by atoms with Gasteiger partial charge in [-0.15, -0.1) is 29.8 Å². The number of carbonyl (C=O) groups is 1. The molecule has 2 heterocycles. The van der Waals surface area contributed by atoms with Gasteiger partial charge in [0, 0.05) is 31.7 Å². The standard InChI is InChI=1S/C27H16N.C6H5NO2.Ir/c1-2-9-18(10-3-1)19-11-4-7-14-22(19)26-17-24-21-13-6-5-12-20(21)23-15-8-16-25(28-26)27(23)24;8-6(9)5-3-1-2-4-7-5;/h1-13,15-17H;1-4H,(H,8,9);/q-1;;. The van der Waals surface area contributed by atoms with Crippen molar-refractivity contribution >= 4 is 16.9 Å². The molecule has 0 bridgehead atoms. The van der Waals surface area contributed by atoms with Crippen molar-refractivity contribution in [3.8, 4) is 44.6 Å². The van der Waals surface area contributed by atoms with Crippen LogP contribution in [0.1, 0.15) is 10.5 Å². The van der Waals surface area contributed by atoms with E-state index in [0.717, 1.165) is 22.3 Å². The molecule has 0 spiro atoms. The summed E-state index contributed by atoms with van der Waals surface area (Å²) in [6, 6.07) is 42.1. The number of hydrogen-bond donors (Lipinski definition) is 1. The third kappa shape index (κ3) is 4.66. The fraction of sp³-hybridized carbons (Fsp3) is 0. The van der Waals surface area contributed by atoms with Crippen molar-refractivity contribution in [2.45, 2.75) is 0 Å². The monoisotopic (exact) mass is 670 g/mol. The molecule has 0 aliphatic heterocycles. The van der Waals surface area contributed by atoms with E-state index in [1.54, 1.807) is 12.1 Å². The quantitative estimate of drug-likeness (QED) is 0.195. The van der Waals surface area contributed by atoms with E-state index >= 15 is 0 Å². The van der Waals surface area contributed by atoms with Crippen molar-refractivity contribution in [3.05, 3.63) is 133 Å². The molecule has 0 unspecified atom stereocenters. The first-order valence-corrected chi connectivity index (χ1v) is 11.9. The molecule has 4 aromatic carbocycles. The summed E-state index contributed by atoms with van der Waals surface area (Å²) in [6.45, 7) is 0. The summed E-state index contributed by atoms with van der Waals surface area (Å²) < 4.78 is 0. The van der Waals surface area contributed by atoms with Gasteiger partial charge in [-0.05, 0) is 46.1 Å². The second-order valence-electron chi connectivity index (χ2n) is 8.65. The van der Waals surface area contributed by atoms with Gasteiger partial charge in [0.05, 0.1) is 5.52 Å². The number of benzene rings is 4. The minimum Gasteiger partial charge on any atom is -0.477 e. The summed E-state index contributed by atoms with van der Waals surface area (Å²) in [5, 5.41) is 9.58. The van der Waals surface area contributed by atoms with Crippen LogP contribution < -0.4 is 0 Å². The van der Waals surface area contributed by atoms with Crippen molar-refractivity contribution in [1.82, 2.24) is 9.97 Å². The van der Waals surface area contributed by atoms with Gasteiger partial charge in [-0.2, -0.15) is 0 Å². The van der Waals surface area contributed by atoms with Crippen LogP contribution in [0.4, 0.5) is 0 Å². The van der Waals surface area contributed by atoms with Crippen LogP contribution in [0.25, 0.3) is 55.5 Å². The van der Waals surface area contributed by atoms with Crippen molar-refractivity contribution in [1.29, 1.82) is 0 Å². The molecule has 1 aliphatic carbocycles. The zero-order valence-corrected chi connectivity index (χ0v) is 22.5. The average Bonchev–Trinajstić information content (AvgIpc) is 3.29. The molecule has 1 aliphatic rings. The molecule has 0 saturated heterocycles. The van der Waals surface area contributed by atoms with Crippen LogP contribution in [0.15, 0.2) is 121 Å². The Kier molecular flexibility index (Phi) is 7.23. The third-order valence-corrected chi connectivity index (χ3v) is 6.42. The molecule has 1 N–H and O–H groups in total. The van der Waals surface area contributed by atoms with E-state index < -0.39 is 5.97 Å². The van der Waals surface area contributed by atoms with Crippen molar-refractivity contribution in [2.24, 2.45) is 0 Å². The molecule has 1 radical (unpaired) electrons. The van der Waals surface area contributed by atoms with Crippen LogP contribution in [0.5, 0.6) is 0 Å². The number of pyridine rings is 2. The maximum atomic E-state index is 10.1. The van der Waals surface area contributed by atoms with Crippen LogP contribution >= 0.6 is 0 Å². The van der Waals surface area contributed by atoms with Crippen molar-refractivity contribution < 1.29 is 30.0 Å². The van der Waals surface area contributed by atoms with Gasteiger partial charge >= 0.3 is 5.97 Å². The molecule has 5 heteroatoms. The van der Waals surface area contributed by atoms with E-state index in [4.69, 9.17) is 10.1 Å². The van der Waals surface area contributed by atoms with Crippen LogP contribution in [0.3, 0.4) is 0 Å². The fourth-order valence-corrected chi connectivity index (χ4v) is 4.80. The fourth-order valence-electron chi connectivity index (χ4n) is 4.80. The van der Waals surface area contributed by atoms with Gasteiger partial charge in [-0.25, -0.2) is 9.78 Å². The first kappa shape index (κ1) is 25.2. The zero-order valence-electron chi connectivity index (χ0n) is 20.1. The smallest absolute Gasteiger partial charge is 0.354 e. The summed E-state index contributed by atoms with van der Waals surface area (Å²) in [4.78, 5) is 18.8. The average molecular weight is 670 g/mol. The Morgan fingerprint density at radius 1 is 0.684 bits per heavy atom. The van der Waals surface area contributed by atoms with Gasteiger partial charge < -0.3 is 5.11 Å². The van der Waals surface area contributed by atoms with E-state index in [1.807, 2.05) is 18.2 Å². The van der Waals surface area contributed by atoms with Gasteiger partial charge in [-0.3, -0.25) is 4.98 Å². The molecule has 0 fully saturated rings. The van der Waals surface area contributed by atoms with E-state index in [2.05, 4.69) is 89.9 Å². The van der Waals surface area contributed by atoms with Crippen LogP contribution in [-0.4, -0.2) is 21.0 Å². The van der Waals surface area contributed by atoms with Crippen LogP contribution in [-0.2, 0) is 20.1 Å². The molecular formula is C33H21IrN2O2-. The number of aromatic carboxylic acids is 1. The second kappa shape index (κ2) is 10.9. The summed E-state index contributed by atoms with van der Waals surface area (Å²) in [5.74, 6) is -0.990. The molecule has 0 amide bonds. The molecule has 7 rings (SSSR count). The Balaban J connectivity index is 0.000000253. The molecule has 185 valence electrons. The molecule has 0 saturated carbocycles. The number of hydrogen-bond acceptors (Lipinski definition) is 3. The SMILES string of the molecule is O=C(O)c1ccccn1.[Ir].[c-]1cccc(-c2ccccc2)c1-c1cc2c3c(cccc3n1)-c1ccccc1-2. The van der Waals surface area contributed by atoms with Crippen molar-refractivity contribution in [2.75, 3.05) is 0 Å². The topological polar surface area (TPSA) is 63.1 Å². The number of nitrogens with zero attached hydrogens (tertiary/aromatic N) is 2. The van der Waals surface area contributed by atoms with E-state index in [1.165, 1.54) is 45.5 Å². The Labute approximate surface area is 234 Å². The Morgan fingerprint density at radius 2 is 1.37 bits per heavy atom. The van der Waals surface area contributed by atoms with Gasteiger partial charge in [0.1, 0.15) is 5.69 Å². The summed E-state index contributed by atoms with van der Waals surface area (Å²) in [6.07, 6.45) is 1.45. The maximum absolute atomic E-state index is 10.1. The molecule has 0 atom stereocenters. The van der Waals surface area contributed by atoms with Crippen LogP contribution in [0, 0.1) is 6.07 Å². The number of rotatable bonds is 3. The summed E-state index contributed by atoms with van der Waals surface area (Å²) >= 11 is 0. The van der Waals surface area contributed by atoms with E-state index in [-0.39, 0.29) is 25.8 Å². The molecule has 4 nitrogen and oxygen atoms in total.